The zero-order valence-electron chi connectivity index (χ0n) is 31.8. The van der Waals surface area contributed by atoms with Crippen LogP contribution in [0.15, 0.2) is 212 Å². The zero-order chi connectivity index (χ0) is 37.5. The van der Waals surface area contributed by atoms with Crippen LogP contribution in [0.5, 0.6) is 0 Å². The van der Waals surface area contributed by atoms with Crippen LogP contribution in [0.25, 0.3) is 66.1 Å². The molecule has 9 rings (SSSR count). The summed E-state index contributed by atoms with van der Waals surface area (Å²) in [7, 11) is 0. The van der Waals surface area contributed by atoms with Crippen LogP contribution in [0.3, 0.4) is 0 Å². The van der Waals surface area contributed by atoms with E-state index in [0.717, 1.165) is 60.9 Å². The van der Waals surface area contributed by atoms with Crippen molar-refractivity contribution in [3.05, 3.63) is 212 Å². The molecular weight excluding hydrogens is 615 g/mol. The van der Waals surface area contributed by atoms with E-state index < -0.39 is 0 Å². The molecule has 0 aliphatic heterocycles. The van der Waals surface area contributed by atoms with Gasteiger partial charge in [0.25, 0.3) is 0 Å². The molecule has 0 radical (unpaired) electrons. The van der Waals surface area contributed by atoms with E-state index in [9.17, 15) is 5.48 Å². The van der Waals surface area contributed by atoms with Crippen LogP contribution in [0.1, 0.15) is 5.48 Å². The van der Waals surface area contributed by atoms with E-state index in [1.807, 2.05) is 108 Å². The lowest BCUT2D eigenvalue weighted by Crippen LogP contribution is -2.10. The van der Waals surface area contributed by atoms with E-state index in [-0.39, 0.29) is 35.4 Å². The molecule has 0 aliphatic rings. The van der Waals surface area contributed by atoms with Crippen molar-refractivity contribution >= 4 is 38.6 Å². The molecule has 0 amide bonds. The lowest BCUT2D eigenvalue weighted by molar-refractivity contribution is 1.28. The van der Waals surface area contributed by atoms with Crippen LogP contribution in [-0.2, 0) is 0 Å². The fourth-order valence-electron chi connectivity index (χ4n) is 6.82. The Bertz CT molecular complexity index is 2840. The van der Waals surface area contributed by atoms with E-state index in [1.54, 1.807) is 0 Å². The summed E-state index contributed by atoms with van der Waals surface area (Å²) in [5.41, 5.74) is 8.64. The largest absolute Gasteiger partial charge is 0.310 e. The van der Waals surface area contributed by atoms with Gasteiger partial charge < -0.3 is 4.90 Å². The van der Waals surface area contributed by atoms with Crippen LogP contribution < -0.4 is 4.90 Å². The van der Waals surface area contributed by atoms with Crippen molar-refractivity contribution in [3.8, 4) is 44.5 Å². The second kappa shape index (κ2) is 13.3. The summed E-state index contributed by atoms with van der Waals surface area (Å²) in [5.74, 6) is 0. The van der Waals surface area contributed by atoms with Gasteiger partial charge >= 0.3 is 0 Å². The van der Waals surface area contributed by atoms with E-state index in [4.69, 9.17) is 0 Å². The number of benzene rings is 9. The Balaban J connectivity index is 1.19. The summed E-state index contributed by atoms with van der Waals surface area (Å²) >= 11 is 0. The first kappa shape index (κ1) is 26.2. The monoisotopic (exact) mass is 653 g/mol. The fraction of sp³-hybridized carbons (Fsp3) is 0. The first-order chi connectivity index (χ1) is 26.9. The summed E-state index contributed by atoms with van der Waals surface area (Å²) in [6.07, 6.45) is 0. The molecule has 240 valence electrons. The molecule has 9 aromatic carbocycles. The molecule has 1 heteroatoms. The topological polar surface area (TPSA) is 3.24 Å². The van der Waals surface area contributed by atoms with Crippen LogP contribution in [0.2, 0.25) is 0 Å². The summed E-state index contributed by atoms with van der Waals surface area (Å²) in [4.78, 5) is 1.86. The average Bonchev–Trinajstić information content (AvgIpc) is 3.25. The highest BCUT2D eigenvalue weighted by atomic mass is 15.1. The third-order valence-corrected chi connectivity index (χ3v) is 9.49. The predicted molar refractivity (Wildman–Crippen MR) is 218 cm³/mol. The van der Waals surface area contributed by atoms with Crippen LogP contribution in [0, 0.1) is 0 Å². The third kappa shape index (κ3) is 6.18. The smallest absolute Gasteiger partial charge is 0.0645 e. The molecule has 1 nitrogen and oxygen atoms in total. The lowest BCUT2D eigenvalue weighted by Gasteiger charge is -2.26. The van der Waals surface area contributed by atoms with E-state index in [2.05, 4.69) is 84.9 Å². The summed E-state index contributed by atoms with van der Waals surface area (Å²) in [5, 5.41) is 4.64. The second-order valence-electron chi connectivity index (χ2n) is 12.7. The van der Waals surface area contributed by atoms with Gasteiger partial charge in [0.05, 0.1) is 5.48 Å². The van der Waals surface area contributed by atoms with Gasteiger partial charge in [0.2, 0.25) is 0 Å². The Morgan fingerprint density at radius 3 is 1.35 bits per heavy atom. The molecule has 0 bridgehead atoms. The van der Waals surface area contributed by atoms with Gasteiger partial charge in [-0.1, -0.05) is 158 Å². The van der Waals surface area contributed by atoms with E-state index in [0.29, 0.717) is 5.56 Å². The maximum Gasteiger partial charge on any atom is 0.0645 e. The lowest BCUT2D eigenvalue weighted by atomic mass is 9.98. The first-order valence-electron chi connectivity index (χ1n) is 19.2. The molecule has 0 unspecified atom stereocenters. The first-order valence-corrected chi connectivity index (χ1v) is 17.2. The number of hydrogen-bond acceptors (Lipinski definition) is 1. The van der Waals surface area contributed by atoms with Crippen molar-refractivity contribution in [2.45, 2.75) is 0 Å². The molecule has 0 saturated carbocycles. The van der Waals surface area contributed by atoms with Gasteiger partial charge in [-0.05, 0) is 121 Å². The maximum absolute atomic E-state index is 9.50. The number of nitrogens with zero attached hydrogens (tertiary/aromatic N) is 1. The molecule has 9 aromatic rings. The molecule has 0 atom stereocenters. The van der Waals surface area contributed by atoms with Crippen molar-refractivity contribution in [3.63, 3.8) is 0 Å². The minimum Gasteiger partial charge on any atom is -0.310 e. The minimum atomic E-state index is -0.115. The van der Waals surface area contributed by atoms with Crippen molar-refractivity contribution in [2.75, 3.05) is 4.90 Å². The molecular formula is C50H35N. The SMILES string of the molecule is [2H]c1c([2H])c(N(c2ccc(-c3ccc4ccccc4c3)cc2)c2cccc(-c3ccc4ccccc4c3)c2)c([2H])c([2H])c1-c1cccc(-c2ccccc2)c1. The molecule has 0 heterocycles. The zero-order valence-corrected chi connectivity index (χ0v) is 27.8. The van der Waals surface area contributed by atoms with Crippen LogP contribution in [0.4, 0.5) is 17.1 Å². The number of rotatable bonds is 7. The Morgan fingerprint density at radius 1 is 0.255 bits per heavy atom. The third-order valence-electron chi connectivity index (χ3n) is 9.49. The molecule has 0 spiro atoms. The van der Waals surface area contributed by atoms with Gasteiger partial charge in [-0.2, -0.15) is 0 Å². The minimum absolute atomic E-state index is 0.0929. The highest BCUT2D eigenvalue weighted by Gasteiger charge is 2.15. The average molecular weight is 654 g/mol. The Labute approximate surface area is 305 Å². The van der Waals surface area contributed by atoms with Gasteiger partial charge in [-0.25, -0.2) is 0 Å². The highest BCUT2D eigenvalue weighted by Crippen LogP contribution is 2.39. The van der Waals surface area contributed by atoms with Gasteiger partial charge in [-0.3, -0.25) is 0 Å². The fourth-order valence-corrected chi connectivity index (χ4v) is 6.82. The Morgan fingerprint density at radius 2 is 0.706 bits per heavy atom. The van der Waals surface area contributed by atoms with Gasteiger partial charge in [0.15, 0.2) is 0 Å². The van der Waals surface area contributed by atoms with Crippen LogP contribution in [-0.4, -0.2) is 0 Å². The van der Waals surface area contributed by atoms with Gasteiger partial charge in [-0.15, -0.1) is 0 Å². The quantitative estimate of drug-likeness (QED) is 0.165. The molecule has 0 aromatic heterocycles. The van der Waals surface area contributed by atoms with Crippen molar-refractivity contribution in [1.82, 2.24) is 0 Å². The molecule has 0 N–H and O–H groups in total. The number of fused-ring (bicyclic) bond motifs is 2. The summed E-state index contributed by atoms with van der Waals surface area (Å²) in [6.45, 7) is 0. The second-order valence-corrected chi connectivity index (χ2v) is 12.7. The van der Waals surface area contributed by atoms with Crippen LogP contribution >= 0.6 is 0 Å². The summed E-state index contributed by atoms with van der Waals surface area (Å²) < 4.78 is 37.7. The normalized spacial score (nSPS) is 12.2. The van der Waals surface area contributed by atoms with Crippen molar-refractivity contribution in [1.29, 1.82) is 0 Å². The number of hydrogen-bond donors (Lipinski definition) is 0. The number of anilines is 3. The van der Waals surface area contributed by atoms with Crippen molar-refractivity contribution < 1.29 is 5.48 Å². The van der Waals surface area contributed by atoms with Gasteiger partial charge in [0, 0.05) is 17.1 Å². The standard InChI is InChI=1S/C50H35N/c1-2-10-36(11-3-1)43-16-8-17-44(32-43)39-24-28-48(29-25-39)51(49-30-26-40(27-31-49)46-22-20-37-12-4-6-14-41(37)33-46)50-19-9-18-45(35-50)47-23-21-38-13-5-7-15-42(38)34-47/h1-35H/i24D,25D,28D,29D. The summed E-state index contributed by atoms with van der Waals surface area (Å²) in [6, 6.07) is 62.8. The predicted octanol–water partition coefficient (Wildman–Crippen LogP) is 14.1. The molecule has 0 saturated heterocycles. The molecule has 0 aliphatic carbocycles. The Hall–Kier alpha value is -6.70. The highest BCUT2D eigenvalue weighted by molar-refractivity contribution is 5.90. The molecule has 0 fully saturated rings. The molecule has 51 heavy (non-hydrogen) atoms. The van der Waals surface area contributed by atoms with E-state index >= 15 is 0 Å². The van der Waals surface area contributed by atoms with Crippen molar-refractivity contribution in [2.24, 2.45) is 0 Å². The Kier molecular flexibility index (Phi) is 6.84. The van der Waals surface area contributed by atoms with Gasteiger partial charge in [0.1, 0.15) is 0 Å². The van der Waals surface area contributed by atoms with E-state index in [1.165, 1.54) is 5.39 Å². The maximum atomic E-state index is 9.50.